The molecule has 0 aliphatic carbocycles. The second-order valence-electron chi connectivity index (χ2n) is 4.82. The predicted molar refractivity (Wildman–Crippen MR) is 91.5 cm³/mol. The molecular weight excluding hydrogens is 315 g/mol. The summed E-state index contributed by atoms with van der Waals surface area (Å²) >= 11 is 1.69. The highest BCUT2D eigenvalue weighted by Gasteiger charge is 2.05. The van der Waals surface area contributed by atoms with Gasteiger partial charge in [0.15, 0.2) is 17.5 Å². The van der Waals surface area contributed by atoms with Crippen LogP contribution in [-0.2, 0) is 19.5 Å². The number of nitrogens with zero attached hydrogens (tertiary/aromatic N) is 2. The third kappa shape index (κ3) is 4.92. The minimum atomic E-state index is -0.371. The first kappa shape index (κ1) is 17.2. The zero-order valence-electron chi connectivity index (χ0n) is 13.5. The summed E-state index contributed by atoms with van der Waals surface area (Å²) < 4.78 is 18.6. The lowest BCUT2D eigenvalue weighted by molar-refractivity contribution is 0.386. The van der Waals surface area contributed by atoms with Gasteiger partial charge in [-0.1, -0.05) is 13.0 Å². The number of aliphatic imine (C=N–C) groups is 1. The molecule has 0 unspecified atom stereocenters. The summed E-state index contributed by atoms with van der Waals surface area (Å²) in [6.45, 7) is 3.19. The van der Waals surface area contributed by atoms with Crippen LogP contribution in [0.25, 0.3) is 0 Å². The smallest absolute Gasteiger partial charge is 0.191 e. The molecule has 0 spiro atoms. The number of aryl methyl sites for hydroxylation is 1. The van der Waals surface area contributed by atoms with Crippen LogP contribution in [0, 0.1) is 5.82 Å². The molecule has 124 valence electrons. The van der Waals surface area contributed by atoms with Crippen LogP contribution in [0.4, 0.5) is 4.39 Å². The SMILES string of the molecule is CCc1cnc(CNC(=NC)NCc2ccc(OC)c(F)c2)s1. The maximum Gasteiger partial charge on any atom is 0.191 e. The molecule has 1 aromatic carbocycles. The molecule has 7 heteroatoms. The molecule has 0 atom stereocenters. The van der Waals surface area contributed by atoms with E-state index in [2.05, 4.69) is 27.5 Å². The van der Waals surface area contributed by atoms with Gasteiger partial charge in [0.1, 0.15) is 5.01 Å². The average molecular weight is 336 g/mol. The van der Waals surface area contributed by atoms with Gasteiger partial charge in [-0.2, -0.15) is 0 Å². The standard InChI is InChI=1S/C16H21FN4OS/c1-4-12-9-19-15(23-12)10-21-16(18-2)20-8-11-5-6-14(22-3)13(17)7-11/h5-7,9H,4,8,10H2,1-3H3,(H2,18,20,21). The Balaban J connectivity index is 1.86. The Labute approximate surface area is 139 Å². The maximum atomic E-state index is 13.7. The van der Waals surface area contributed by atoms with Crippen molar-refractivity contribution in [2.45, 2.75) is 26.4 Å². The highest BCUT2D eigenvalue weighted by atomic mass is 32.1. The summed E-state index contributed by atoms with van der Waals surface area (Å²) in [7, 11) is 3.15. The first-order valence-corrected chi connectivity index (χ1v) is 8.18. The van der Waals surface area contributed by atoms with Gasteiger partial charge in [0.2, 0.25) is 0 Å². The number of hydrogen-bond acceptors (Lipinski definition) is 4. The quantitative estimate of drug-likeness (QED) is 0.629. The second kappa shape index (κ2) is 8.47. The van der Waals surface area contributed by atoms with Gasteiger partial charge < -0.3 is 15.4 Å². The number of thiazole rings is 1. The van der Waals surface area contributed by atoms with Gasteiger partial charge in [0.25, 0.3) is 0 Å². The third-order valence-corrected chi connectivity index (χ3v) is 4.40. The zero-order chi connectivity index (χ0) is 16.7. The van der Waals surface area contributed by atoms with Gasteiger partial charge in [-0.05, 0) is 24.1 Å². The van der Waals surface area contributed by atoms with Crippen molar-refractivity contribution in [1.29, 1.82) is 0 Å². The average Bonchev–Trinajstić information content (AvgIpc) is 3.03. The van der Waals surface area contributed by atoms with Gasteiger partial charge >= 0.3 is 0 Å². The van der Waals surface area contributed by atoms with Crippen LogP contribution in [0.2, 0.25) is 0 Å². The number of nitrogens with one attached hydrogen (secondary N) is 2. The molecule has 0 saturated carbocycles. The number of halogens is 1. The van der Waals surface area contributed by atoms with Crippen molar-refractivity contribution < 1.29 is 9.13 Å². The molecule has 0 fully saturated rings. The number of ether oxygens (including phenoxy) is 1. The lowest BCUT2D eigenvalue weighted by Gasteiger charge is -2.11. The fraction of sp³-hybridized carbons (Fsp3) is 0.375. The first-order valence-electron chi connectivity index (χ1n) is 7.36. The van der Waals surface area contributed by atoms with E-state index in [1.54, 1.807) is 24.5 Å². The largest absolute Gasteiger partial charge is 0.494 e. The number of methoxy groups -OCH3 is 1. The van der Waals surface area contributed by atoms with E-state index in [4.69, 9.17) is 4.74 Å². The minimum Gasteiger partial charge on any atom is -0.494 e. The topological polar surface area (TPSA) is 58.5 Å². The number of rotatable bonds is 6. The molecular formula is C16H21FN4OS. The van der Waals surface area contributed by atoms with Crippen LogP contribution >= 0.6 is 11.3 Å². The van der Waals surface area contributed by atoms with Crippen molar-refractivity contribution in [3.63, 3.8) is 0 Å². The van der Waals surface area contributed by atoms with Crippen molar-refractivity contribution in [3.8, 4) is 5.75 Å². The molecule has 5 nitrogen and oxygen atoms in total. The van der Waals surface area contributed by atoms with Gasteiger partial charge in [0.05, 0.1) is 13.7 Å². The van der Waals surface area contributed by atoms with E-state index in [-0.39, 0.29) is 11.6 Å². The van der Waals surface area contributed by atoms with Crippen molar-refractivity contribution >= 4 is 17.3 Å². The van der Waals surface area contributed by atoms with E-state index in [0.717, 1.165) is 17.0 Å². The summed E-state index contributed by atoms with van der Waals surface area (Å²) in [6, 6.07) is 4.88. The van der Waals surface area contributed by atoms with E-state index in [1.165, 1.54) is 18.1 Å². The summed E-state index contributed by atoms with van der Waals surface area (Å²) in [5.41, 5.74) is 0.814. The fourth-order valence-corrected chi connectivity index (χ4v) is 2.78. The Morgan fingerprint density at radius 2 is 2.13 bits per heavy atom. The van der Waals surface area contributed by atoms with Crippen LogP contribution < -0.4 is 15.4 Å². The van der Waals surface area contributed by atoms with E-state index in [0.29, 0.717) is 19.0 Å². The lowest BCUT2D eigenvalue weighted by Crippen LogP contribution is -2.36. The van der Waals surface area contributed by atoms with Crippen molar-refractivity contribution in [2.75, 3.05) is 14.2 Å². The third-order valence-electron chi connectivity index (χ3n) is 3.26. The van der Waals surface area contributed by atoms with E-state index in [1.807, 2.05) is 12.3 Å². The van der Waals surface area contributed by atoms with Crippen LogP contribution in [-0.4, -0.2) is 25.1 Å². The maximum absolute atomic E-state index is 13.7. The number of guanidine groups is 1. The normalized spacial score (nSPS) is 11.4. The molecule has 2 rings (SSSR count). The molecule has 0 bridgehead atoms. The molecule has 2 aromatic rings. The van der Waals surface area contributed by atoms with E-state index >= 15 is 0 Å². The molecule has 2 N–H and O–H groups in total. The Morgan fingerprint density at radius 1 is 1.35 bits per heavy atom. The molecule has 1 heterocycles. The first-order chi connectivity index (χ1) is 11.2. The van der Waals surface area contributed by atoms with Gasteiger partial charge in [-0.25, -0.2) is 9.37 Å². The van der Waals surface area contributed by atoms with Crippen molar-refractivity contribution in [3.05, 3.63) is 45.7 Å². The Bertz CT molecular complexity index is 672. The number of benzene rings is 1. The highest BCUT2D eigenvalue weighted by Crippen LogP contribution is 2.17. The summed E-state index contributed by atoms with van der Waals surface area (Å²) in [4.78, 5) is 9.77. The Morgan fingerprint density at radius 3 is 2.74 bits per heavy atom. The number of hydrogen-bond donors (Lipinski definition) is 2. The predicted octanol–water partition coefficient (Wildman–Crippen LogP) is 2.72. The Hall–Kier alpha value is -2.15. The molecule has 23 heavy (non-hydrogen) atoms. The van der Waals surface area contributed by atoms with Gasteiger partial charge in [-0.3, -0.25) is 4.99 Å². The molecule has 0 aliphatic rings. The molecule has 0 radical (unpaired) electrons. The van der Waals surface area contributed by atoms with Crippen LogP contribution in [0.3, 0.4) is 0 Å². The van der Waals surface area contributed by atoms with Gasteiger partial charge in [0, 0.05) is 24.7 Å². The summed E-state index contributed by atoms with van der Waals surface area (Å²) in [5.74, 6) is 0.519. The van der Waals surface area contributed by atoms with Crippen LogP contribution in [0.5, 0.6) is 5.75 Å². The van der Waals surface area contributed by atoms with Crippen LogP contribution in [0.15, 0.2) is 29.4 Å². The van der Waals surface area contributed by atoms with Crippen molar-refractivity contribution in [2.24, 2.45) is 4.99 Å². The molecule has 0 amide bonds. The lowest BCUT2D eigenvalue weighted by atomic mass is 10.2. The van der Waals surface area contributed by atoms with E-state index < -0.39 is 0 Å². The summed E-state index contributed by atoms with van der Waals surface area (Å²) in [5, 5.41) is 7.36. The molecule has 0 saturated heterocycles. The fourth-order valence-electron chi connectivity index (χ4n) is 1.98. The molecule has 1 aromatic heterocycles. The molecule has 0 aliphatic heterocycles. The van der Waals surface area contributed by atoms with Crippen LogP contribution in [0.1, 0.15) is 22.4 Å². The summed E-state index contributed by atoms with van der Waals surface area (Å²) in [6.07, 6.45) is 2.89. The van der Waals surface area contributed by atoms with E-state index in [9.17, 15) is 4.39 Å². The van der Waals surface area contributed by atoms with Crippen molar-refractivity contribution in [1.82, 2.24) is 15.6 Å². The minimum absolute atomic E-state index is 0.242. The van der Waals surface area contributed by atoms with Gasteiger partial charge in [-0.15, -0.1) is 11.3 Å². The highest BCUT2D eigenvalue weighted by molar-refractivity contribution is 7.11. The Kier molecular flexibility index (Phi) is 6.34. The monoisotopic (exact) mass is 336 g/mol. The number of aromatic nitrogens is 1. The second-order valence-corrected chi connectivity index (χ2v) is 6.02. The zero-order valence-corrected chi connectivity index (χ0v) is 14.3.